The Balaban J connectivity index is 1.95. The number of hydrogen-bond acceptors (Lipinski definition) is 6. The lowest BCUT2D eigenvalue weighted by molar-refractivity contribution is -0.384. The van der Waals surface area contributed by atoms with Gasteiger partial charge in [-0.3, -0.25) is 10.1 Å². The molecule has 0 bridgehead atoms. The summed E-state index contributed by atoms with van der Waals surface area (Å²) >= 11 is 0. The molecule has 0 fully saturated rings. The van der Waals surface area contributed by atoms with Crippen LogP contribution in [0.1, 0.15) is 0 Å². The Morgan fingerprint density at radius 3 is 1.76 bits per heavy atom. The first kappa shape index (κ1) is 14.3. The summed E-state index contributed by atoms with van der Waals surface area (Å²) in [5.74, 6) is 1.08. The Morgan fingerprint density at radius 1 is 0.905 bits per heavy atom. The van der Waals surface area contributed by atoms with Crippen LogP contribution in [0.2, 0.25) is 0 Å². The summed E-state index contributed by atoms with van der Waals surface area (Å²) in [6.45, 7) is 0. The van der Waals surface area contributed by atoms with E-state index >= 15 is 0 Å². The van der Waals surface area contributed by atoms with Crippen molar-refractivity contribution in [3.05, 3.63) is 58.6 Å². The number of nitrogens with zero attached hydrogens (tertiary/aromatic N) is 1. The van der Waals surface area contributed by atoms with Gasteiger partial charge in [0.25, 0.3) is 5.69 Å². The predicted octanol–water partition coefficient (Wildman–Crippen LogP) is 3.18. The molecule has 7 heteroatoms. The van der Waals surface area contributed by atoms with Crippen LogP contribution in [0.3, 0.4) is 0 Å². The first-order chi connectivity index (χ1) is 10.1. The van der Waals surface area contributed by atoms with Crippen molar-refractivity contribution in [1.29, 1.82) is 0 Å². The van der Waals surface area contributed by atoms with Crippen LogP contribution in [0.15, 0.2) is 48.5 Å². The fourth-order valence-corrected chi connectivity index (χ4v) is 1.49. The maximum atomic E-state index is 11.5. The van der Waals surface area contributed by atoms with Gasteiger partial charge in [-0.1, -0.05) is 0 Å². The van der Waals surface area contributed by atoms with Gasteiger partial charge in [-0.25, -0.2) is 4.79 Å². The zero-order chi connectivity index (χ0) is 15.2. The van der Waals surface area contributed by atoms with Gasteiger partial charge in [0.15, 0.2) is 0 Å². The van der Waals surface area contributed by atoms with Crippen LogP contribution in [-0.2, 0) is 0 Å². The van der Waals surface area contributed by atoms with Crippen LogP contribution < -0.4 is 14.2 Å². The molecular weight excluding hydrogens is 278 g/mol. The Bertz CT molecular complexity index is 636. The number of non-ortho nitro benzene ring substituents is 1. The molecule has 0 saturated carbocycles. The van der Waals surface area contributed by atoms with Crippen LogP contribution in [0.25, 0.3) is 0 Å². The van der Waals surface area contributed by atoms with E-state index in [1.54, 1.807) is 24.3 Å². The topological polar surface area (TPSA) is 87.9 Å². The zero-order valence-corrected chi connectivity index (χ0v) is 11.0. The van der Waals surface area contributed by atoms with E-state index in [2.05, 4.69) is 0 Å². The molecule has 0 heterocycles. The molecule has 0 amide bonds. The number of carbonyl (C=O) groups is 1. The molecule has 2 rings (SSSR count). The average molecular weight is 289 g/mol. The first-order valence-electron chi connectivity index (χ1n) is 5.86. The Labute approximate surface area is 119 Å². The second-order valence-corrected chi connectivity index (χ2v) is 3.88. The fraction of sp³-hybridized carbons (Fsp3) is 0.0714. The van der Waals surface area contributed by atoms with E-state index in [0.29, 0.717) is 11.5 Å². The number of nitro groups is 1. The number of benzene rings is 2. The van der Waals surface area contributed by atoms with E-state index in [1.807, 2.05) is 0 Å². The molecule has 7 nitrogen and oxygen atoms in total. The fourth-order valence-electron chi connectivity index (χ4n) is 1.49. The van der Waals surface area contributed by atoms with Crippen molar-refractivity contribution >= 4 is 11.8 Å². The molecule has 0 saturated heterocycles. The standard InChI is InChI=1S/C14H11NO6/c1-19-11-6-8-13(9-7-11)21-14(16)20-12-4-2-10(3-5-12)15(17)18/h2-9H,1H3. The zero-order valence-electron chi connectivity index (χ0n) is 11.0. The minimum Gasteiger partial charge on any atom is -0.497 e. The second-order valence-electron chi connectivity index (χ2n) is 3.88. The largest absolute Gasteiger partial charge is 0.519 e. The summed E-state index contributed by atoms with van der Waals surface area (Å²) in [5.41, 5.74) is -0.0918. The van der Waals surface area contributed by atoms with Gasteiger partial charge in [0.2, 0.25) is 0 Å². The van der Waals surface area contributed by atoms with Crippen LogP contribution in [-0.4, -0.2) is 18.2 Å². The molecule has 0 N–H and O–H groups in total. The minimum atomic E-state index is -0.936. The smallest absolute Gasteiger partial charge is 0.497 e. The molecule has 0 radical (unpaired) electrons. The third kappa shape index (κ3) is 3.93. The van der Waals surface area contributed by atoms with Gasteiger partial charge in [-0.05, 0) is 36.4 Å². The number of hydrogen-bond donors (Lipinski definition) is 0. The highest BCUT2D eigenvalue weighted by Gasteiger charge is 2.10. The SMILES string of the molecule is COc1ccc(OC(=O)Oc2ccc([N+](=O)[O-])cc2)cc1. The number of ether oxygens (including phenoxy) is 3. The Kier molecular flexibility index (Phi) is 4.35. The van der Waals surface area contributed by atoms with Gasteiger partial charge in [0, 0.05) is 12.1 Å². The molecule has 2 aromatic carbocycles. The highest BCUT2D eigenvalue weighted by molar-refractivity contribution is 5.67. The van der Waals surface area contributed by atoms with E-state index < -0.39 is 11.1 Å². The van der Waals surface area contributed by atoms with Crippen molar-refractivity contribution in [1.82, 2.24) is 0 Å². The summed E-state index contributed by atoms with van der Waals surface area (Å²) in [6, 6.07) is 11.5. The molecule has 0 spiro atoms. The summed E-state index contributed by atoms with van der Waals surface area (Å²) in [6.07, 6.45) is -0.936. The van der Waals surface area contributed by atoms with Gasteiger partial charge in [-0.2, -0.15) is 0 Å². The monoisotopic (exact) mass is 289 g/mol. The van der Waals surface area contributed by atoms with Gasteiger partial charge >= 0.3 is 6.16 Å². The van der Waals surface area contributed by atoms with Crippen molar-refractivity contribution in [2.45, 2.75) is 0 Å². The summed E-state index contributed by atoms with van der Waals surface area (Å²) in [4.78, 5) is 21.5. The third-order valence-corrected chi connectivity index (χ3v) is 2.51. The summed E-state index contributed by atoms with van der Waals surface area (Å²) in [5, 5.41) is 10.5. The van der Waals surface area contributed by atoms with Crippen molar-refractivity contribution in [2.24, 2.45) is 0 Å². The first-order valence-corrected chi connectivity index (χ1v) is 5.86. The van der Waals surface area contributed by atoms with Crippen molar-refractivity contribution in [3.8, 4) is 17.2 Å². The van der Waals surface area contributed by atoms with Gasteiger partial charge < -0.3 is 14.2 Å². The third-order valence-electron chi connectivity index (χ3n) is 2.51. The van der Waals surface area contributed by atoms with Crippen molar-refractivity contribution in [3.63, 3.8) is 0 Å². The highest BCUT2D eigenvalue weighted by Crippen LogP contribution is 2.20. The summed E-state index contributed by atoms with van der Waals surface area (Å²) in [7, 11) is 1.53. The van der Waals surface area contributed by atoms with E-state index in [4.69, 9.17) is 14.2 Å². The molecule has 0 aromatic heterocycles. The molecular formula is C14H11NO6. The number of nitro benzene ring substituents is 1. The molecule has 21 heavy (non-hydrogen) atoms. The van der Waals surface area contributed by atoms with Gasteiger partial charge in [-0.15, -0.1) is 0 Å². The molecule has 108 valence electrons. The molecule has 0 aliphatic heterocycles. The van der Waals surface area contributed by atoms with Crippen molar-refractivity contribution in [2.75, 3.05) is 7.11 Å². The van der Waals surface area contributed by atoms with Crippen LogP contribution >= 0.6 is 0 Å². The molecule has 0 aliphatic carbocycles. The predicted molar refractivity (Wildman–Crippen MR) is 72.7 cm³/mol. The van der Waals surface area contributed by atoms with Crippen LogP contribution in [0.4, 0.5) is 10.5 Å². The quantitative estimate of drug-likeness (QED) is 0.372. The number of rotatable bonds is 4. The lowest BCUT2D eigenvalue weighted by Crippen LogP contribution is -2.13. The van der Waals surface area contributed by atoms with E-state index in [9.17, 15) is 14.9 Å². The number of methoxy groups -OCH3 is 1. The second kappa shape index (κ2) is 6.38. The minimum absolute atomic E-state index is 0.0918. The molecule has 2 aromatic rings. The van der Waals surface area contributed by atoms with E-state index in [0.717, 1.165) is 0 Å². The van der Waals surface area contributed by atoms with Crippen LogP contribution in [0.5, 0.6) is 17.2 Å². The molecule has 0 unspecified atom stereocenters. The maximum Gasteiger partial charge on any atom is 0.519 e. The van der Waals surface area contributed by atoms with Gasteiger partial charge in [0.1, 0.15) is 17.2 Å². The van der Waals surface area contributed by atoms with E-state index in [1.165, 1.54) is 31.4 Å². The van der Waals surface area contributed by atoms with E-state index in [-0.39, 0.29) is 11.4 Å². The maximum absolute atomic E-state index is 11.5. The van der Waals surface area contributed by atoms with Gasteiger partial charge in [0.05, 0.1) is 12.0 Å². The average Bonchev–Trinajstić information content (AvgIpc) is 2.48. The number of carbonyl (C=O) groups excluding carboxylic acids is 1. The van der Waals surface area contributed by atoms with Crippen LogP contribution in [0, 0.1) is 10.1 Å². The summed E-state index contributed by atoms with van der Waals surface area (Å²) < 4.78 is 14.8. The molecule has 0 atom stereocenters. The lowest BCUT2D eigenvalue weighted by atomic mass is 10.3. The highest BCUT2D eigenvalue weighted by atomic mass is 16.7. The lowest BCUT2D eigenvalue weighted by Gasteiger charge is -2.06. The Hall–Kier alpha value is -3.09. The normalized spacial score (nSPS) is 9.76. The van der Waals surface area contributed by atoms with Crippen molar-refractivity contribution < 1.29 is 23.9 Å². The Morgan fingerprint density at radius 2 is 1.33 bits per heavy atom. The molecule has 0 aliphatic rings.